The van der Waals surface area contributed by atoms with Gasteiger partial charge in [-0.2, -0.15) is 0 Å². The van der Waals surface area contributed by atoms with E-state index in [2.05, 4.69) is 26.2 Å². The summed E-state index contributed by atoms with van der Waals surface area (Å²) in [5.41, 5.74) is 5.19. The van der Waals surface area contributed by atoms with Crippen molar-refractivity contribution in [3.05, 3.63) is 0 Å². The summed E-state index contributed by atoms with van der Waals surface area (Å²) in [6.07, 6.45) is 5.21. The third kappa shape index (κ3) is 25.7. The van der Waals surface area contributed by atoms with E-state index in [0.717, 1.165) is 19.5 Å². The van der Waals surface area contributed by atoms with E-state index >= 15 is 0 Å². The molecule has 0 bridgehead atoms. The largest absolute Gasteiger partial charge is 0.349 e. The quantitative estimate of drug-likeness (QED) is 0.573. The van der Waals surface area contributed by atoms with Gasteiger partial charge in [0, 0.05) is 6.42 Å². The molecule has 0 aromatic carbocycles. The van der Waals surface area contributed by atoms with E-state index in [-0.39, 0.29) is 0 Å². The van der Waals surface area contributed by atoms with Crippen molar-refractivity contribution in [1.29, 1.82) is 0 Å². The molecule has 0 heterocycles. The van der Waals surface area contributed by atoms with Gasteiger partial charge in [-0.1, -0.05) is 33.1 Å². The molecule has 0 saturated carbocycles. The molecule has 0 amide bonds. The molecule has 11 heavy (non-hydrogen) atoms. The number of unbranched alkanes of at least 4 members (excludes halogenated alkanes) is 2. The fourth-order valence-electron chi connectivity index (χ4n) is 0.676. The first-order valence-corrected chi connectivity index (χ1v) is 4.81. The van der Waals surface area contributed by atoms with Crippen LogP contribution >= 0.6 is 0 Å². The van der Waals surface area contributed by atoms with Crippen molar-refractivity contribution < 1.29 is 5.32 Å². The van der Waals surface area contributed by atoms with Gasteiger partial charge in [-0.25, -0.2) is 0 Å². The first-order valence-electron chi connectivity index (χ1n) is 4.81. The van der Waals surface area contributed by atoms with Crippen LogP contribution in [0.2, 0.25) is 0 Å². The van der Waals surface area contributed by atoms with Crippen molar-refractivity contribution in [2.24, 2.45) is 5.73 Å². The molecule has 0 unspecified atom stereocenters. The molecule has 0 rings (SSSR count). The number of rotatable bonds is 5. The Balaban J connectivity index is 0. The number of hydrogen-bond donors (Lipinski definition) is 2. The van der Waals surface area contributed by atoms with E-state index in [1.165, 1.54) is 19.3 Å². The predicted octanol–water partition coefficient (Wildman–Crippen LogP) is 0.725. The van der Waals surface area contributed by atoms with Crippen molar-refractivity contribution in [2.75, 3.05) is 20.1 Å². The van der Waals surface area contributed by atoms with Gasteiger partial charge in [0.05, 0.1) is 13.6 Å². The molecular formula is C9H25N2+. The van der Waals surface area contributed by atoms with Gasteiger partial charge in [-0.3, -0.25) is 0 Å². The van der Waals surface area contributed by atoms with Crippen molar-refractivity contribution in [2.45, 2.75) is 39.5 Å². The van der Waals surface area contributed by atoms with Crippen LogP contribution in [0, 0.1) is 0 Å². The first kappa shape index (κ1) is 13.5. The smallest absolute Gasteiger partial charge is 0.0765 e. The van der Waals surface area contributed by atoms with Gasteiger partial charge in [-0.15, -0.1) is 0 Å². The maximum Gasteiger partial charge on any atom is 0.0765 e. The molecule has 0 radical (unpaired) electrons. The van der Waals surface area contributed by atoms with Crippen molar-refractivity contribution in [3.8, 4) is 0 Å². The average Bonchev–Trinajstić information content (AvgIpc) is 2.04. The summed E-state index contributed by atoms with van der Waals surface area (Å²) < 4.78 is 0. The minimum Gasteiger partial charge on any atom is -0.349 e. The summed E-state index contributed by atoms with van der Waals surface area (Å²) in [6, 6.07) is 0. The fourth-order valence-corrected chi connectivity index (χ4v) is 0.676. The second-order valence-electron chi connectivity index (χ2n) is 2.69. The lowest BCUT2D eigenvalue weighted by molar-refractivity contribution is -0.626. The summed E-state index contributed by atoms with van der Waals surface area (Å²) in [5.74, 6) is 0. The predicted molar refractivity (Wildman–Crippen MR) is 51.6 cm³/mol. The molecule has 0 aliphatic carbocycles. The van der Waals surface area contributed by atoms with Crippen LogP contribution in [-0.4, -0.2) is 20.1 Å². The summed E-state index contributed by atoms with van der Waals surface area (Å²) in [6.45, 7) is 6.41. The lowest BCUT2D eigenvalue weighted by atomic mass is 10.3. The molecule has 2 heteroatoms. The van der Waals surface area contributed by atoms with Crippen molar-refractivity contribution >= 4 is 0 Å². The number of quaternary nitrogens is 1. The lowest BCUT2D eigenvalue weighted by Crippen LogP contribution is -2.79. The molecule has 0 aromatic heterocycles. The van der Waals surface area contributed by atoms with Gasteiger partial charge in [0.2, 0.25) is 0 Å². The third-order valence-electron chi connectivity index (χ3n) is 1.40. The zero-order valence-electron chi connectivity index (χ0n) is 8.40. The zero-order valence-corrected chi connectivity index (χ0v) is 8.40. The molecule has 70 valence electrons. The highest BCUT2D eigenvalue weighted by Gasteiger charge is 1.76. The molecule has 0 aliphatic heterocycles. The topological polar surface area (TPSA) is 42.6 Å². The molecule has 0 fully saturated rings. The Labute approximate surface area is 71.6 Å². The Hall–Kier alpha value is -0.0800. The highest BCUT2D eigenvalue weighted by atomic mass is 14.8. The van der Waals surface area contributed by atoms with Gasteiger partial charge in [0.15, 0.2) is 0 Å². The summed E-state index contributed by atoms with van der Waals surface area (Å²) in [7, 11) is 2.05. The van der Waals surface area contributed by atoms with E-state index in [4.69, 9.17) is 5.73 Å². The van der Waals surface area contributed by atoms with E-state index in [0.29, 0.717) is 0 Å². The van der Waals surface area contributed by atoms with Gasteiger partial charge in [0.25, 0.3) is 0 Å². The van der Waals surface area contributed by atoms with Gasteiger partial charge < -0.3 is 11.1 Å². The molecule has 0 aromatic rings. The van der Waals surface area contributed by atoms with Crippen molar-refractivity contribution in [1.82, 2.24) is 0 Å². The van der Waals surface area contributed by atoms with Crippen molar-refractivity contribution in [3.63, 3.8) is 0 Å². The Morgan fingerprint density at radius 3 is 1.73 bits per heavy atom. The van der Waals surface area contributed by atoms with Crippen LogP contribution in [0.4, 0.5) is 0 Å². The molecule has 0 saturated heterocycles. The SMILES string of the molecule is CCCCC.C[NH2+]CCCN. The zero-order chi connectivity index (χ0) is 8.95. The maximum atomic E-state index is 5.19. The lowest BCUT2D eigenvalue weighted by Gasteiger charge is -1.87. The number of hydrogen-bond acceptors (Lipinski definition) is 1. The van der Waals surface area contributed by atoms with E-state index in [1.54, 1.807) is 0 Å². The molecule has 0 spiro atoms. The maximum absolute atomic E-state index is 5.19. The monoisotopic (exact) mass is 161 g/mol. The van der Waals surface area contributed by atoms with E-state index in [1.807, 2.05) is 0 Å². The van der Waals surface area contributed by atoms with Gasteiger partial charge >= 0.3 is 0 Å². The van der Waals surface area contributed by atoms with Crippen LogP contribution in [0.3, 0.4) is 0 Å². The highest BCUT2D eigenvalue weighted by molar-refractivity contribution is 4.28. The summed E-state index contributed by atoms with van der Waals surface area (Å²) >= 11 is 0. The fraction of sp³-hybridized carbons (Fsp3) is 1.00. The summed E-state index contributed by atoms with van der Waals surface area (Å²) in [4.78, 5) is 0. The third-order valence-corrected chi connectivity index (χ3v) is 1.40. The van der Waals surface area contributed by atoms with Crippen LogP contribution in [0.15, 0.2) is 0 Å². The van der Waals surface area contributed by atoms with Crippen LogP contribution in [0.25, 0.3) is 0 Å². The Kier molecular flexibility index (Phi) is 20.2. The summed E-state index contributed by atoms with van der Waals surface area (Å²) in [5, 5.41) is 2.13. The molecule has 4 N–H and O–H groups in total. The Bertz CT molecular complexity index is 40.8. The van der Waals surface area contributed by atoms with Gasteiger partial charge in [0.1, 0.15) is 0 Å². The Morgan fingerprint density at radius 2 is 1.64 bits per heavy atom. The minimum absolute atomic E-state index is 0.824. The van der Waals surface area contributed by atoms with E-state index < -0.39 is 0 Å². The minimum atomic E-state index is 0.824. The van der Waals surface area contributed by atoms with Crippen LogP contribution < -0.4 is 11.1 Å². The standard InChI is InChI=1S/C5H12.C4H12N2/c1-3-5-4-2;1-6-4-2-3-5/h3-5H2,1-2H3;6H,2-5H2,1H3/p+1. The highest BCUT2D eigenvalue weighted by Crippen LogP contribution is 1.88. The Morgan fingerprint density at radius 1 is 1.09 bits per heavy atom. The second-order valence-corrected chi connectivity index (χ2v) is 2.69. The van der Waals surface area contributed by atoms with Crippen LogP contribution in [-0.2, 0) is 0 Å². The molecule has 0 aliphatic rings. The second kappa shape index (κ2) is 16.5. The van der Waals surface area contributed by atoms with Gasteiger partial charge in [-0.05, 0) is 6.54 Å². The van der Waals surface area contributed by atoms with E-state index in [9.17, 15) is 0 Å². The normalized spacial score (nSPS) is 8.73. The average molecular weight is 161 g/mol. The molecular weight excluding hydrogens is 136 g/mol. The number of nitrogens with two attached hydrogens (primary N) is 2. The van der Waals surface area contributed by atoms with Crippen LogP contribution in [0.1, 0.15) is 39.5 Å². The first-order chi connectivity index (χ1) is 5.33. The molecule has 2 nitrogen and oxygen atoms in total. The van der Waals surface area contributed by atoms with Crippen LogP contribution in [0.5, 0.6) is 0 Å². The molecule has 0 atom stereocenters.